The topological polar surface area (TPSA) is 86.1 Å². The van der Waals surface area contributed by atoms with E-state index >= 15 is 0 Å². The summed E-state index contributed by atoms with van der Waals surface area (Å²) in [6, 6.07) is 12.7. The quantitative estimate of drug-likeness (QED) is 0.496. The maximum Gasteiger partial charge on any atom is 0.283 e. The lowest BCUT2D eigenvalue weighted by molar-refractivity contribution is 0.577. The minimum absolute atomic E-state index is 0.0489. The SMILES string of the molecule is Cc1ccc(S(=O)(=O)c2c(C)nn(S(=O)(=O)c3ccc(I)cc3)c2C)cc1. The Morgan fingerprint density at radius 1 is 0.815 bits per heavy atom. The van der Waals surface area contributed by atoms with Gasteiger partial charge in [-0.1, -0.05) is 17.7 Å². The lowest BCUT2D eigenvalue weighted by Gasteiger charge is -2.08. The van der Waals surface area contributed by atoms with Crippen LogP contribution in [0.2, 0.25) is 0 Å². The first kappa shape index (κ1) is 20.0. The second-order valence-electron chi connectivity index (χ2n) is 6.12. The molecule has 142 valence electrons. The van der Waals surface area contributed by atoms with E-state index < -0.39 is 19.9 Å². The van der Waals surface area contributed by atoms with Crippen molar-refractivity contribution in [1.82, 2.24) is 9.19 Å². The molecule has 0 saturated heterocycles. The van der Waals surface area contributed by atoms with Crippen LogP contribution in [0.1, 0.15) is 17.0 Å². The fourth-order valence-corrected chi connectivity index (χ4v) is 6.18. The normalized spacial score (nSPS) is 12.3. The standard InChI is InChI=1S/C18H17IN2O4S2/c1-12-4-8-16(9-5-12)26(22,23)18-13(2)20-21(14(18)3)27(24,25)17-10-6-15(19)7-11-17/h4-11H,1-3H3. The fraction of sp³-hybridized carbons (Fsp3) is 0.167. The maximum absolute atomic E-state index is 13.1. The van der Waals surface area contributed by atoms with Gasteiger partial charge in [0.15, 0.2) is 0 Å². The highest BCUT2D eigenvalue weighted by Crippen LogP contribution is 2.29. The molecule has 0 unspecified atom stereocenters. The molecule has 1 aromatic heterocycles. The molecule has 9 heteroatoms. The van der Waals surface area contributed by atoms with Crippen LogP contribution in [0.3, 0.4) is 0 Å². The van der Waals surface area contributed by atoms with E-state index in [-0.39, 0.29) is 26.1 Å². The molecule has 2 aromatic carbocycles. The Morgan fingerprint density at radius 3 is 1.89 bits per heavy atom. The van der Waals surface area contributed by atoms with E-state index in [1.165, 1.54) is 38.1 Å². The molecule has 0 spiro atoms. The summed E-state index contributed by atoms with van der Waals surface area (Å²) in [5, 5.41) is 4.04. The van der Waals surface area contributed by atoms with Crippen molar-refractivity contribution < 1.29 is 16.8 Å². The molecule has 0 radical (unpaired) electrons. The van der Waals surface area contributed by atoms with Crippen molar-refractivity contribution in [1.29, 1.82) is 0 Å². The van der Waals surface area contributed by atoms with Crippen LogP contribution in [-0.4, -0.2) is 26.0 Å². The average Bonchev–Trinajstić information content (AvgIpc) is 2.91. The number of hydrogen-bond donors (Lipinski definition) is 0. The van der Waals surface area contributed by atoms with Crippen LogP contribution in [0.25, 0.3) is 0 Å². The molecule has 3 rings (SSSR count). The first-order valence-electron chi connectivity index (χ1n) is 7.94. The third-order valence-electron chi connectivity index (χ3n) is 4.12. The largest absolute Gasteiger partial charge is 0.283 e. The van der Waals surface area contributed by atoms with Gasteiger partial charge in [0.25, 0.3) is 10.0 Å². The second kappa shape index (κ2) is 7.02. The summed E-state index contributed by atoms with van der Waals surface area (Å²) in [5.74, 6) is 0. The number of nitrogens with zero attached hydrogens (tertiary/aromatic N) is 2. The van der Waals surface area contributed by atoms with Crippen LogP contribution in [-0.2, 0) is 19.9 Å². The van der Waals surface area contributed by atoms with Gasteiger partial charge in [-0.25, -0.2) is 8.42 Å². The summed E-state index contributed by atoms with van der Waals surface area (Å²) in [7, 11) is -7.89. The fourth-order valence-electron chi connectivity index (χ4n) is 2.77. The second-order valence-corrected chi connectivity index (χ2v) is 11.0. The zero-order chi connectivity index (χ0) is 20.0. The predicted octanol–water partition coefficient (Wildman–Crippen LogP) is 3.48. The van der Waals surface area contributed by atoms with Crippen molar-refractivity contribution in [3.63, 3.8) is 0 Å². The molecule has 3 aromatic rings. The van der Waals surface area contributed by atoms with E-state index in [4.69, 9.17) is 0 Å². The van der Waals surface area contributed by atoms with Crippen molar-refractivity contribution in [2.75, 3.05) is 0 Å². The Balaban J connectivity index is 2.18. The summed E-state index contributed by atoms with van der Waals surface area (Å²) in [6.45, 7) is 4.80. The van der Waals surface area contributed by atoms with E-state index in [1.807, 2.05) is 6.92 Å². The Labute approximate surface area is 172 Å². The van der Waals surface area contributed by atoms with Gasteiger partial charge < -0.3 is 0 Å². The van der Waals surface area contributed by atoms with E-state index in [9.17, 15) is 16.8 Å². The molecule has 0 bridgehead atoms. The Hall–Kier alpha value is -1.72. The molecular formula is C18H17IN2O4S2. The lowest BCUT2D eigenvalue weighted by atomic mass is 10.2. The number of benzene rings is 2. The van der Waals surface area contributed by atoms with Gasteiger partial charge in [-0.05, 0) is 79.8 Å². The molecule has 0 aliphatic heterocycles. The van der Waals surface area contributed by atoms with E-state index in [0.717, 1.165) is 13.2 Å². The summed E-state index contributed by atoms with van der Waals surface area (Å²) >= 11 is 2.08. The van der Waals surface area contributed by atoms with Gasteiger partial charge >= 0.3 is 0 Å². The molecule has 0 N–H and O–H groups in total. The summed E-state index contributed by atoms with van der Waals surface area (Å²) in [4.78, 5) is 0.0683. The highest BCUT2D eigenvalue weighted by molar-refractivity contribution is 14.1. The Kier molecular flexibility index (Phi) is 5.21. The lowest BCUT2D eigenvalue weighted by Crippen LogP contribution is -2.16. The highest BCUT2D eigenvalue weighted by atomic mass is 127. The van der Waals surface area contributed by atoms with Gasteiger partial charge in [0.2, 0.25) is 9.84 Å². The molecule has 0 aliphatic rings. The first-order chi connectivity index (χ1) is 12.5. The van der Waals surface area contributed by atoms with Crippen LogP contribution in [0.15, 0.2) is 63.2 Å². The van der Waals surface area contributed by atoms with Gasteiger partial charge in [0.1, 0.15) is 4.90 Å². The number of aromatic nitrogens is 2. The van der Waals surface area contributed by atoms with Gasteiger partial charge in [0.05, 0.1) is 21.2 Å². The van der Waals surface area contributed by atoms with Crippen molar-refractivity contribution in [2.45, 2.75) is 35.5 Å². The number of rotatable bonds is 4. The van der Waals surface area contributed by atoms with Crippen molar-refractivity contribution >= 4 is 42.5 Å². The van der Waals surface area contributed by atoms with E-state index in [1.54, 1.807) is 24.3 Å². The molecule has 0 amide bonds. The minimum atomic E-state index is -4.00. The molecule has 0 aliphatic carbocycles. The molecule has 27 heavy (non-hydrogen) atoms. The summed E-state index contributed by atoms with van der Waals surface area (Å²) in [5.41, 5.74) is 1.13. The van der Waals surface area contributed by atoms with Gasteiger partial charge in [-0.2, -0.15) is 17.6 Å². The number of sulfone groups is 1. The Bertz CT molecular complexity index is 1210. The van der Waals surface area contributed by atoms with Crippen molar-refractivity contribution in [2.24, 2.45) is 0 Å². The maximum atomic E-state index is 13.1. The van der Waals surface area contributed by atoms with Crippen molar-refractivity contribution in [3.8, 4) is 0 Å². The number of hydrogen-bond acceptors (Lipinski definition) is 5. The molecule has 0 saturated carbocycles. The van der Waals surface area contributed by atoms with E-state index in [0.29, 0.717) is 0 Å². The zero-order valence-electron chi connectivity index (χ0n) is 14.8. The number of aryl methyl sites for hydroxylation is 2. The van der Waals surface area contributed by atoms with Crippen LogP contribution >= 0.6 is 22.6 Å². The predicted molar refractivity (Wildman–Crippen MR) is 110 cm³/mol. The molecule has 0 atom stereocenters. The molecule has 0 fully saturated rings. The van der Waals surface area contributed by atoms with Crippen LogP contribution < -0.4 is 0 Å². The molecule has 1 heterocycles. The Morgan fingerprint density at radius 2 is 1.33 bits per heavy atom. The molecular weight excluding hydrogens is 499 g/mol. The van der Waals surface area contributed by atoms with Gasteiger partial charge in [0, 0.05) is 3.57 Å². The van der Waals surface area contributed by atoms with Crippen molar-refractivity contribution in [3.05, 3.63) is 69.1 Å². The third kappa shape index (κ3) is 3.55. The van der Waals surface area contributed by atoms with Gasteiger partial charge in [-0.3, -0.25) is 0 Å². The zero-order valence-corrected chi connectivity index (χ0v) is 18.6. The van der Waals surface area contributed by atoms with Gasteiger partial charge in [-0.15, -0.1) is 0 Å². The smallest absolute Gasteiger partial charge is 0.218 e. The average molecular weight is 516 g/mol. The summed E-state index contributed by atoms with van der Waals surface area (Å²) in [6.07, 6.45) is 0. The third-order valence-corrected chi connectivity index (χ3v) is 8.54. The monoisotopic (exact) mass is 516 g/mol. The first-order valence-corrected chi connectivity index (χ1v) is 11.9. The highest BCUT2D eigenvalue weighted by Gasteiger charge is 2.31. The minimum Gasteiger partial charge on any atom is -0.218 e. The molecule has 6 nitrogen and oxygen atoms in total. The van der Waals surface area contributed by atoms with E-state index in [2.05, 4.69) is 27.7 Å². The summed E-state index contributed by atoms with van der Waals surface area (Å²) < 4.78 is 53.7. The van der Waals surface area contributed by atoms with Crippen LogP contribution in [0, 0.1) is 24.3 Å². The van der Waals surface area contributed by atoms with Crippen LogP contribution in [0.4, 0.5) is 0 Å². The van der Waals surface area contributed by atoms with Crippen LogP contribution in [0.5, 0.6) is 0 Å². The number of halogens is 1.